The molecule has 1 amide bonds. The summed E-state index contributed by atoms with van der Waals surface area (Å²) in [6.07, 6.45) is 0. The first-order valence-corrected chi connectivity index (χ1v) is 12.1. The summed E-state index contributed by atoms with van der Waals surface area (Å²) in [5.41, 5.74) is 4.26. The van der Waals surface area contributed by atoms with E-state index in [9.17, 15) is 4.79 Å². The molecule has 0 aliphatic carbocycles. The van der Waals surface area contributed by atoms with Gasteiger partial charge >= 0.3 is 0 Å². The standard InChI is InChI=1S/C23H29N3OS2/c1-3-26(4-2)16-19-10-6-5-9-18(19)15-25-22(27)21-12-8-7-11-20(21)17-29-23-24-13-14-28-23/h5-12H,3-4,13-17H2,1-2H3,(H,25,27). The van der Waals surface area contributed by atoms with E-state index < -0.39 is 0 Å². The van der Waals surface area contributed by atoms with Gasteiger partial charge in [-0.05, 0) is 35.8 Å². The Morgan fingerprint density at radius 3 is 2.45 bits per heavy atom. The quantitative estimate of drug-likeness (QED) is 0.625. The molecule has 6 heteroatoms. The molecule has 0 bridgehead atoms. The lowest BCUT2D eigenvalue weighted by Crippen LogP contribution is -2.26. The average molecular weight is 428 g/mol. The molecule has 3 rings (SSSR count). The highest BCUT2D eigenvalue weighted by molar-refractivity contribution is 8.38. The van der Waals surface area contributed by atoms with E-state index in [1.54, 1.807) is 23.5 Å². The van der Waals surface area contributed by atoms with Crippen LogP contribution in [0, 0.1) is 0 Å². The van der Waals surface area contributed by atoms with Gasteiger partial charge in [-0.3, -0.25) is 14.7 Å². The first kappa shape index (κ1) is 21.9. The molecule has 0 atom stereocenters. The second-order valence-corrected chi connectivity index (χ2v) is 9.16. The van der Waals surface area contributed by atoms with E-state index in [1.807, 2.05) is 30.3 Å². The number of hydrogen-bond acceptors (Lipinski definition) is 5. The van der Waals surface area contributed by atoms with Gasteiger partial charge in [0.25, 0.3) is 5.91 Å². The Hall–Kier alpha value is -1.76. The van der Waals surface area contributed by atoms with Crippen molar-refractivity contribution in [3.63, 3.8) is 0 Å². The molecule has 2 aromatic carbocycles. The first-order valence-electron chi connectivity index (χ1n) is 10.2. The van der Waals surface area contributed by atoms with E-state index in [0.717, 1.165) is 53.2 Å². The third-order valence-electron chi connectivity index (χ3n) is 5.02. The van der Waals surface area contributed by atoms with Crippen LogP contribution in [0.4, 0.5) is 0 Å². The minimum atomic E-state index is -0.0140. The van der Waals surface area contributed by atoms with Crippen LogP contribution in [0.15, 0.2) is 53.5 Å². The zero-order chi connectivity index (χ0) is 20.5. The van der Waals surface area contributed by atoms with Crippen molar-refractivity contribution in [3.05, 3.63) is 70.8 Å². The van der Waals surface area contributed by atoms with Gasteiger partial charge in [-0.15, -0.1) is 0 Å². The zero-order valence-corrected chi connectivity index (χ0v) is 18.8. The molecule has 2 aromatic rings. The number of nitrogens with zero attached hydrogens (tertiary/aromatic N) is 2. The molecule has 1 N–H and O–H groups in total. The summed E-state index contributed by atoms with van der Waals surface area (Å²) in [6, 6.07) is 16.3. The van der Waals surface area contributed by atoms with Crippen molar-refractivity contribution in [1.82, 2.24) is 10.2 Å². The van der Waals surface area contributed by atoms with Crippen LogP contribution in [0.3, 0.4) is 0 Å². The average Bonchev–Trinajstić information content (AvgIpc) is 3.29. The fourth-order valence-corrected chi connectivity index (χ4v) is 5.27. The Morgan fingerprint density at radius 1 is 1.07 bits per heavy atom. The second-order valence-electron chi connectivity index (χ2n) is 6.85. The van der Waals surface area contributed by atoms with Gasteiger partial charge in [-0.25, -0.2) is 0 Å². The summed E-state index contributed by atoms with van der Waals surface area (Å²) in [5, 5.41) is 3.13. The normalized spacial score (nSPS) is 13.6. The molecular weight excluding hydrogens is 398 g/mol. The van der Waals surface area contributed by atoms with Crippen molar-refractivity contribution in [2.24, 2.45) is 4.99 Å². The molecule has 1 heterocycles. The highest BCUT2D eigenvalue weighted by Crippen LogP contribution is 2.26. The van der Waals surface area contributed by atoms with Crippen LogP contribution in [-0.2, 0) is 18.8 Å². The SMILES string of the molecule is CCN(CC)Cc1ccccc1CNC(=O)c1ccccc1CSC1=NCCS1. The van der Waals surface area contributed by atoms with Crippen molar-refractivity contribution < 1.29 is 4.79 Å². The third kappa shape index (κ3) is 6.36. The van der Waals surface area contributed by atoms with Crippen molar-refractivity contribution in [3.8, 4) is 0 Å². The van der Waals surface area contributed by atoms with Gasteiger partial charge in [0.15, 0.2) is 0 Å². The summed E-state index contributed by atoms with van der Waals surface area (Å²) < 4.78 is 1.13. The fourth-order valence-electron chi connectivity index (χ4n) is 3.25. The van der Waals surface area contributed by atoms with E-state index in [-0.39, 0.29) is 5.91 Å². The molecule has 0 saturated heterocycles. The van der Waals surface area contributed by atoms with Gasteiger partial charge in [0.2, 0.25) is 0 Å². The molecule has 0 spiro atoms. The Balaban J connectivity index is 1.64. The number of aliphatic imine (C=N–C) groups is 1. The number of hydrogen-bond donors (Lipinski definition) is 1. The van der Waals surface area contributed by atoms with Gasteiger partial charge in [0, 0.05) is 30.2 Å². The number of amides is 1. The molecule has 29 heavy (non-hydrogen) atoms. The molecule has 0 saturated carbocycles. The number of benzene rings is 2. The first-order chi connectivity index (χ1) is 14.2. The van der Waals surface area contributed by atoms with Gasteiger partial charge in [-0.2, -0.15) is 0 Å². The summed E-state index contributed by atoms with van der Waals surface area (Å²) in [7, 11) is 0. The zero-order valence-electron chi connectivity index (χ0n) is 17.2. The monoisotopic (exact) mass is 427 g/mol. The van der Waals surface area contributed by atoms with Gasteiger partial charge in [0.05, 0.1) is 6.54 Å². The van der Waals surface area contributed by atoms with Crippen molar-refractivity contribution >= 4 is 33.8 Å². The number of rotatable bonds is 9. The van der Waals surface area contributed by atoms with Crippen LogP contribution < -0.4 is 5.32 Å². The molecule has 1 aliphatic rings. The summed E-state index contributed by atoms with van der Waals surface area (Å²) in [5.74, 6) is 1.82. The van der Waals surface area contributed by atoms with E-state index >= 15 is 0 Å². The summed E-state index contributed by atoms with van der Waals surface area (Å²) >= 11 is 3.53. The molecule has 154 valence electrons. The van der Waals surface area contributed by atoms with Crippen LogP contribution >= 0.6 is 23.5 Å². The van der Waals surface area contributed by atoms with Crippen molar-refractivity contribution in [1.29, 1.82) is 0 Å². The molecular formula is C23H29N3OS2. The molecule has 4 nitrogen and oxygen atoms in total. The predicted octanol–water partition coefficient (Wildman–Crippen LogP) is 4.79. The van der Waals surface area contributed by atoms with Crippen LogP contribution in [0.25, 0.3) is 0 Å². The minimum absolute atomic E-state index is 0.0140. The Bertz CT molecular complexity index is 850. The Morgan fingerprint density at radius 2 is 1.76 bits per heavy atom. The number of carbonyl (C=O) groups excluding carboxylic acids is 1. The third-order valence-corrected chi connectivity index (χ3v) is 7.32. The van der Waals surface area contributed by atoms with Crippen molar-refractivity contribution in [2.45, 2.75) is 32.7 Å². The fraction of sp³-hybridized carbons (Fsp3) is 0.391. The van der Waals surface area contributed by atoms with Crippen LogP contribution in [0.1, 0.15) is 40.9 Å². The lowest BCUT2D eigenvalue weighted by atomic mass is 10.1. The van der Waals surface area contributed by atoms with Gasteiger partial charge in [-0.1, -0.05) is 79.8 Å². The van der Waals surface area contributed by atoms with Gasteiger partial charge < -0.3 is 5.32 Å². The molecule has 0 fully saturated rings. The summed E-state index contributed by atoms with van der Waals surface area (Å²) in [4.78, 5) is 19.8. The lowest BCUT2D eigenvalue weighted by Gasteiger charge is -2.20. The van der Waals surface area contributed by atoms with Crippen LogP contribution in [-0.4, -0.2) is 40.6 Å². The Labute approximate surface area is 182 Å². The Kier molecular flexibility index (Phi) is 8.65. The van der Waals surface area contributed by atoms with Crippen LogP contribution in [0.2, 0.25) is 0 Å². The molecule has 0 aromatic heterocycles. The molecule has 0 radical (unpaired) electrons. The second kappa shape index (κ2) is 11.4. The van der Waals surface area contributed by atoms with E-state index in [0.29, 0.717) is 6.54 Å². The predicted molar refractivity (Wildman–Crippen MR) is 127 cm³/mol. The van der Waals surface area contributed by atoms with Gasteiger partial charge in [0.1, 0.15) is 4.38 Å². The lowest BCUT2D eigenvalue weighted by molar-refractivity contribution is 0.0950. The number of carbonyl (C=O) groups is 1. The van der Waals surface area contributed by atoms with E-state index in [2.05, 4.69) is 47.3 Å². The summed E-state index contributed by atoms with van der Waals surface area (Å²) in [6.45, 7) is 8.75. The highest BCUT2D eigenvalue weighted by atomic mass is 32.2. The smallest absolute Gasteiger partial charge is 0.251 e. The van der Waals surface area contributed by atoms with E-state index in [4.69, 9.17) is 0 Å². The maximum atomic E-state index is 12.9. The molecule has 1 aliphatic heterocycles. The highest BCUT2D eigenvalue weighted by Gasteiger charge is 2.14. The van der Waals surface area contributed by atoms with Crippen molar-refractivity contribution in [2.75, 3.05) is 25.4 Å². The number of thioether (sulfide) groups is 2. The van der Waals surface area contributed by atoms with Crippen LogP contribution in [0.5, 0.6) is 0 Å². The number of nitrogens with one attached hydrogen (secondary N) is 1. The minimum Gasteiger partial charge on any atom is -0.348 e. The topological polar surface area (TPSA) is 44.7 Å². The molecule has 0 unspecified atom stereocenters. The maximum Gasteiger partial charge on any atom is 0.251 e. The largest absolute Gasteiger partial charge is 0.348 e. The maximum absolute atomic E-state index is 12.9. The van der Waals surface area contributed by atoms with E-state index in [1.165, 1.54) is 11.1 Å².